The first-order chi connectivity index (χ1) is 10.2. The van der Waals surface area contributed by atoms with Crippen LogP contribution in [0.25, 0.3) is 10.2 Å². The largest absolute Gasteiger partial charge is 0.369 e. The predicted octanol–water partition coefficient (Wildman–Crippen LogP) is 3.54. The average molecular weight is 323 g/mol. The lowest BCUT2D eigenvalue weighted by molar-refractivity contribution is 0.265. The van der Waals surface area contributed by atoms with E-state index in [1.165, 1.54) is 16.0 Å². The zero-order valence-electron chi connectivity index (χ0n) is 12.8. The molecule has 1 aliphatic rings. The summed E-state index contributed by atoms with van der Waals surface area (Å²) in [4.78, 5) is 14.5. The highest BCUT2D eigenvalue weighted by Gasteiger charge is 2.25. The Morgan fingerprint density at radius 1 is 1.43 bits per heavy atom. The normalized spacial score (nSPS) is 20.0. The number of hydrogen-bond donors (Lipinski definition) is 1. The molecular formula is C15H22N4S2. The van der Waals surface area contributed by atoms with Gasteiger partial charge < -0.3 is 5.32 Å². The minimum absolute atomic E-state index is 0.331. The fourth-order valence-corrected chi connectivity index (χ4v) is 4.64. The molecule has 0 aromatic carbocycles. The van der Waals surface area contributed by atoms with E-state index in [2.05, 4.69) is 37.2 Å². The molecule has 2 aromatic rings. The first kappa shape index (κ1) is 15.1. The average Bonchev–Trinajstić information content (AvgIpc) is 2.85. The molecule has 0 saturated carbocycles. The highest BCUT2D eigenvalue weighted by atomic mass is 32.2. The van der Waals surface area contributed by atoms with Crippen molar-refractivity contribution in [1.29, 1.82) is 0 Å². The number of thioether (sulfide) groups is 1. The molecule has 0 bridgehead atoms. The number of nitrogens with one attached hydrogen (secondary N) is 1. The van der Waals surface area contributed by atoms with Crippen molar-refractivity contribution in [3.63, 3.8) is 0 Å². The van der Waals surface area contributed by atoms with Crippen LogP contribution < -0.4 is 5.32 Å². The van der Waals surface area contributed by atoms with Gasteiger partial charge in [-0.05, 0) is 26.5 Å². The van der Waals surface area contributed by atoms with Crippen LogP contribution in [-0.4, -0.2) is 46.5 Å². The maximum absolute atomic E-state index is 4.86. The smallest absolute Gasteiger partial charge is 0.150 e. The number of nitrogens with zero attached hydrogens (tertiary/aromatic N) is 3. The molecule has 1 atom stereocenters. The third-order valence-corrected chi connectivity index (χ3v) is 5.74. The molecule has 1 N–H and O–H groups in total. The van der Waals surface area contributed by atoms with Gasteiger partial charge in [0.05, 0.1) is 11.4 Å². The Morgan fingerprint density at radius 3 is 3.05 bits per heavy atom. The first-order valence-electron chi connectivity index (χ1n) is 7.49. The fourth-order valence-electron chi connectivity index (χ4n) is 2.54. The van der Waals surface area contributed by atoms with Gasteiger partial charge in [-0.1, -0.05) is 6.92 Å². The van der Waals surface area contributed by atoms with Crippen molar-refractivity contribution in [1.82, 2.24) is 14.9 Å². The molecule has 0 aliphatic carbocycles. The Balaban J connectivity index is 2.01. The summed E-state index contributed by atoms with van der Waals surface area (Å²) in [5.41, 5.74) is 0. The van der Waals surface area contributed by atoms with Crippen LogP contribution in [0.5, 0.6) is 0 Å². The van der Waals surface area contributed by atoms with Gasteiger partial charge >= 0.3 is 0 Å². The summed E-state index contributed by atoms with van der Waals surface area (Å²) in [5, 5.41) is 4.64. The Labute approximate surface area is 134 Å². The molecule has 3 rings (SSSR count). The molecule has 0 spiro atoms. The van der Waals surface area contributed by atoms with Crippen LogP contribution in [-0.2, 0) is 0 Å². The number of aromatic nitrogens is 2. The molecule has 2 aromatic heterocycles. The molecule has 21 heavy (non-hydrogen) atoms. The summed E-state index contributed by atoms with van der Waals surface area (Å²) in [6.07, 6.45) is 1.10. The number of aryl methyl sites for hydroxylation is 1. The third kappa shape index (κ3) is 3.17. The lowest BCUT2D eigenvalue weighted by Crippen LogP contribution is -2.34. The monoisotopic (exact) mass is 322 g/mol. The number of thiophene rings is 1. The lowest BCUT2D eigenvalue weighted by Gasteiger charge is -2.31. The maximum atomic E-state index is 4.86. The third-order valence-electron chi connectivity index (χ3n) is 3.77. The van der Waals surface area contributed by atoms with Gasteiger partial charge in [-0.3, -0.25) is 4.90 Å². The molecular weight excluding hydrogens is 300 g/mol. The van der Waals surface area contributed by atoms with Gasteiger partial charge in [0, 0.05) is 29.5 Å². The number of anilines is 1. The van der Waals surface area contributed by atoms with E-state index in [1.54, 1.807) is 11.3 Å². The SMILES string of the molecule is CCCNc1nc(C2CSCCN2C)nc2sc(C)cc12. The van der Waals surface area contributed by atoms with Crippen molar-refractivity contribution in [3.05, 3.63) is 16.8 Å². The molecule has 114 valence electrons. The van der Waals surface area contributed by atoms with Gasteiger partial charge in [-0.2, -0.15) is 11.8 Å². The molecule has 0 radical (unpaired) electrons. The highest BCUT2D eigenvalue weighted by molar-refractivity contribution is 7.99. The van der Waals surface area contributed by atoms with E-state index in [0.29, 0.717) is 6.04 Å². The summed E-state index contributed by atoms with van der Waals surface area (Å²) in [6, 6.07) is 2.53. The standard InChI is InChI=1S/C15H22N4S2/c1-4-5-16-13-11-8-10(2)21-15(11)18-14(17-13)12-9-20-7-6-19(12)3/h8,12H,4-7,9H2,1-3H3,(H,16,17,18). The van der Waals surface area contributed by atoms with E-state index < -0.39 is 0 Å². The Kier molecular flexibility index (Phi) is 4.66. The topological polar surface area (TPSA) is 41.1 Å². The molecule has 1 fully saturated rings. The highest BCUT2D eigenvalue weighted by Crippen LogP contribution is 2.32. The summed E-state index contributed by atoms with van der Waals surface area (Å²) in [6.45, 7) is 6.38. The van der Waals surface area contributed by atoms with Gasteiger partial charge in [0.25, 0.3) is 0 Å². The van der Waals surface area contributed by atoms with Crippen LogP contribution in [0.2, 0.25) is 0 Å². The second kappa shape index (κ2) is 6.50. The van der Waals surface area contributed by atoms with Crippen molar-refractivity contribution >= 4 is 39.1 Å². The van der Waals surface area contributed by atoms with Crippen LogP contribution >= 0.6 is 23.1 Å². The van der Waals surface area contributed by atoms with Crippen molar-refractivity contribution < 1.29 is 0 Å². The van der Waals surface area contributed by atoms with Crippen molar-refractivity contribution in [2.75, 3.05) is 37.0 Å². The van der Waals surface area contributed by atoms with Crippen LogP contribution in [0.15, 0.2) is 6.07 Å². The van der Waals surface area contributed by atoms with Gasteiger partial charge in [-0.15, -0.1) is 11.3 Å². The van der Waals surface area contributed by atoms with E-state index >= 15 is 0 Å². The van der Waals surface area contributed by atoms with Crippen LogP contribution in [0, 0.1) is 6.92 Å². The molecule has 0 amide bonds. The minimum Gasteiger partial charge on any atom is -0.369 e. The van der Waals surface area contributed by atoms with E-state index in [1.807, 2.05) is 11.8 Å². The molecule has 1 aliphatic heterocycles. The first-order valence-corrected chi connectivity index (χ1v) is 9.46. The van der Waals surface area contributed by atoms with Gasteiger partial charge in [0.1, 0.15) is 16.5 Å². The minimum atomic E-state index is 0.331. The molecule has 3 heterocycles. The molecule has 1 unspecified atom stereocenters. The van der Waals surface area contributed by atoms with Crippen molar-refractivity contribution in [2.24, 2.45) is 0 Å². The summed E-state index contributed by atoms with van der Waals surface area (Å²) in [7, 11) is 2.18. The molecule has 4 nitrogen and oxygen atoms in total. The zero-order chi connectivity index (χ0) is 14.8. The van der Waals surface area contributed by atoms with Crippen molar-refractivity contribution in [2.45, 2.75) is 26.3 Å². The van der Waals surface area contributed by atoms with E-state index in [-0.39, 0.29) is 0 Å². The Bertz CT molecular complexity index is 625. The maximum Gasteiger partial charge on any atom is 0.150 e. The summed E-state index contributed by atoms with van der Waals surface area (Å²) >= 11 is 3.76. The Hall–Kier alpha value is -0.850. The number of rotatable bonds is 4. The van der Waals surface area contributed by atoms with Crippen LogP contribution in [0.4, 0.5) is 5.82 Å². The summed E-state index contributed by atoms with van der Waals surface area (Å²) < 4.78 is 0. The number of hydrogen-bond acceptors (Lipinski definition) is 6. The quantitative estimate of drug-likeness (QED) is 0.932. The van der Waals surface area contributed by atoms with Gasteiger partial charge in [0.15, 0.2) is 0 Å². The molecule has 6 heteroatoms. The zero-order valence-corrected chi connectivity index (χ0v) is 14.5. The van der Waals surface area contributed by atoms with E-state index in [9.17, 15) is 0 Å². The predicted molar refractivity (Wildman–Crippen MR) is 93.6 cm³/mol. The second-order valence-electron chi connectivity index (χ2n) is 5.50. The van der Waals surface area contributed by atoms with Gasteiger partial charge in [-0.25, -0.2) is 9.97 Å². The molecule has 1 saturated heterocycles. The van der Waals surface area contributed by atoms with E-state index in [4.69, 9.17) is 9.97 Å². The second-order valence-corrected chi connectivity index (χ2v) is 7.89. The van der Waals surface area contributed by atoms with Crippen molar-refractivity contribution in [3.8, 4) is 0 Å². The number of fused-ring (bicyclic) bond motifs is 1. The van der Waals surface area contributed by atoms with Gasteiger partial charge in [0.2, 0.25) is 0 Å². The fraction of sp³-hybridized carbons (Fsp3) is 0.600. The van der Waals surface area contributed by atoms with Crippen LogP contribution in [0.3, 0.4) is 0 Å². The lowest BCUT2D eigenvalue weighted by atomic mass is 10.2. The Morgan fingerprint density at radius 2 is 2.29 bits per heavy atom. The van der Waals surface area contributed by atoms with Crippen LogP contribution in [0.1, 0.15) is 30.1 Å². The van der Waals surface area contributed by atoms with E-state index in [0.717, 1.165) is 41.7 Å². The summed E-state index contributed by atoms with van der Waals surface area (Å²) in [5.74, 6) is 4.26.